The molecule has 0 saturated heterocycles. The van der Waals surface area contributed by atoms with E-state index in [9.17, 15) is 0 Å². The van der Waals surface area contributed by atoms with Crippen LogP contribution in [0.25, 0.3) is 0 Å². The van der Waals surface area contributed by atoms with Crippen LogP contribution in [0.4, 0.5) is 0 Å². The Hall–Kier alpha value is -0.410. The summed E-state index contributed by atoms with van der Waals surface area (Å²) in [5, 5.41) is 0.684. The largest absolute Gasteiger partial charge is 0.486 e. The van der Waals surface area contributed by atoms with Gasteiger partial charge in [0.15, 0.2) is 11.5 Å². The van der Waals surface area contributed by atoms with Gasteiger partial charge in [-0.15, -0.1) is 0 Å². The Kier molecular flexibility index (Phi) is 2.39. The molecule has 0 N–H and O–H groups in total. The van der Waals surface area contributed by atoms with Crippen molar-refractivity contribution in [2.75, 3.05) is 13.2 Å². The lowest BCUT2D eigenvalue weighted by molar-refractivity contribution is 0.170. The molecule has 1 heterocycles. The SMILES string of the molecule is Cc1c(Cl)c(Br)cc2c1OCCO2. The maximum Gasteiger partial charge on any atom is 0.165 e. The van der Waals surface area contributed by atoms with Crippen molar-refractivity contribution in [1.82, 2.24) is 0 Å². The van der Waals surface area contributed by atoms with E-state index in [-0.39, 0.29) is 0 Å². The van der Waals surface area contributed by atoms with Gasteiger partial charge in [0.05, 0.1) is 5.02 Å². The van der Waals surface area contributed by atoms with Crippen LogP contribution >= 0.6 is 27.5 Å². The summed E-state index contributed by atoms with van der Waals surface area (Å²) in [6.45, 7) is 3.10. The maximum absolute atomic E-state index is 6.03. The number of ether oxygens (including phenoxy) is 2. The highest BCUT2D eigenvalue weighted by Crippen LogP contribution is 2.41. The first-order chi connectivity index (χ1) is 6.20. The summed E-state index contributed by atoms with van der Waals surface area (Å²) in [4.78, 5) is 0. The number of hydrogen-bond donors (Lipinski definition) is 0. The van der Waals surface area contributed by atoms with E-state index in [0.717, 1.165) is 21.5 Å². The molecule has 1 aliphatic heterocycles. The Labute approximate surface area is 89.9 Å². The third kappa shape index (κ3) is 1.51. The summed E-state index contributed by atoms with van der Waals surface area (Å²) in [7, 11) is 0. The molecular weight excluding hydrogens is 255 g/mol. The van der Waals surface area contributed by atoms with Crippen molar-refractivity contribution in [2.45, 2.75) is 6.92 Å². The quantitative estimate of drug-likeness (QED) is 0.716. The summed E-state index contributed by atoms with van der Waals surface area (Å²) in [5.74, 6) is 1.53. The van der Waals surface area contributed by atoms with Crippen molar-refractivity contribution in [3.8, 4) is 11.5 Å². The Balaban J connectivity index is 2.60. The minimum Gasteiger partial charge on any atom is -0.486 e. The van der Waals surface area contributed by atoms with E-state index >= 15 is 0 Å². The first-order valence-electron chi connectivity index (χ1n) is 3.94. The van der Waals surface area contributed by atoms with Crippen LogP contribution in [0.5, 0.6) is 11.5 Å². The van der Waals surface area contributed by atoms with Crippen LogP contribution in [0.2, 0.25) is 5.02 Å². The van der Waals surface area contributed by atoms with Crippen molar-refractivity contribution < 1.29 is 9.47 Å². The van der Waals surface area contributed by atoms with Crippen LogP contribution < -0.4 is 9.47 Å². The summed E-state index contributed by atoms with van der Waals surface area (Å²) < 4.78 is 11.7. The molecule has 0 fully saturated rings. The molecule has 0 amide bonds. The number of halogens is 2. The van der Waals surface area contributed by atoms with E-state index in [0.29, 0.717) is 18.2 Å². The van der Waals surface area contributed by atoms with Gasteiger partial charge in [0.2, 0.25) is 0 Å². The van der Waals surface area contributed by atoms with Gasteiger partial charge >= 0.3 is 0 Å². The molecule has 13 heavy (non-hydrogen) atoms. The highest BCUT2D eigenvalue weighted by atomic mass is 79.9. The fraction of sp³-hybridized carbons (Fsp3) is 0.333. The molecule has 0 spiro atoms. The van der Waals surface area contributed by atoms with Crippen LogP contribution in [0.3, 0.4) is 0 Å². The predicted octanol–water partition coefficient (Wildman–Crippen LogP) is 3.18. The van der Waals surface area contributed by atoms with Crippen LogP contribution in [0.15, 0.2) is 10.5 Å². The molecule has 1 aliphatic rings. The van der Waals surface area contributed by atoms with Crippen molar-refractivity contribution in [3.05, 3.63) is 21.1 Å². The highest BCUT2D eigenvalue weighted by molar-refractivity contribution is 9.10. The molecule has 4 heteroatoms. The van der Waals surface area contributed by atoms with Crippen molar-refractivity contribution in [3.63, 3.8) is 0 Å². The van der Waals surface area contributed by atoms with E-state index in [4.69, 9.17) is 21.1 Å². The zero-order valence-electron chi connectivity index (χ0n) is 7.06. The molecule has 1 aromatic rings. The average Bonchev–Trinajstić information content (AvgIpc) is 2.15. The number of hydrogen-bond acceptors (Lipinski definition) is 2. The fourth-order valence-corrected chi connectivity index (χ4v) is 1.94. The zero-order valence-corrected chi connectivity index (χ0v) is 9.41. The molecule has 0 radical (unpaired) electrons. The first-order valence-corrected chi connectivity index (χ1v) is 5.11. The van der Waals surface area contributed by atoms with E-state index in [2.05, 4.69) is 15.9 Å². The lowest BCUT2D eigenvalue weighted by Gasteiger charge is -2.21. The van der Waals surface area contributed by atoms with Crippen LogP contribution in [0, 0.1) is 6.92 Å². The van der Waals surface area contributed by atoms with Gasteiger partial charge in [-0.2, -0.15) is 0 Å². The first kappa shape index (κ1) is 9.16. The average molecular weight is 264 g/mol. The summed E-state index contributed by atoms with van der Waals surface area (Å²) in [5.41, 5.74) is 0.922. The minimum atomic E-state index is 0.589. The zero-order chi connectivity index (χ0) is 9.42. The van der Waals surface area contributed by atoms with Gasteiger partial charge in [0, 0.05) is 10.0 Å². The van der Waals surface area contributed by atoms with Gasteiger partial charge in [-0.1, -0.05) is 11.6 Å². The van der Waals surface area contributed by atoms with E-state index < -0.39 is 0 Å². The monoisotopic (exact) mass is 262 g/mol. The third-order valence-electron chi connectivity index (χ3n) is 1.95. The fourth-order valence-electron chi connectivity index (χ4n) is 1.29. The Bertz CT molecular complexity index is 352. The lowest BCUT2D eigenvalue weighted by Crippen LogP contribution is -2.16. The third-order valence-corrected chi connectivity index (χ3v) is 3.29. The maximum atomic E-state index is 6.03. The lowest BCUT2D eigenvalue weighted by atomic mass is 10.2. The number of fused-ring (bicyclic) bond motifs is 1. The highest BCUT2D eigenvalue weighted by Gasteiger charge is 2.18. The van der Waals surface area contributed by atoms with Crippen molar-refractivity contribution in [1.29, 1.82) is 0 Å². The van der Waals surface area contributed by atoms with Crippen molar-refractivity contribution >= 4 is 27.5 Å². The molecule has 0 bridgehead atoms. The van der Waals surface area contributed by atoms with Gasteiger partial charge in [-0.25, -0.2) is 0 Å². The van der Waals surface area contributed by atoms with Crippen LogP contribution in [-0.4, -0.2) is 13.2 Å². The molecule has 2 rings (SSSR count). The van der Waals surface area contributed by atoms with Gasteiger partial charge in [0.1, 0.15) is 13.2 Å². The molecule has 0 aromatic heterocycles. The molecule has 70 valence electrons. The van der Waals surface area contributed by atoms with E-state index in [1.54, 1.807) is 0 Å². The number of benzene rings is 1. The Morgan fingerprint density at radius 1 is 1.38 bits per heavy atom. The topological polar surface area (TPSA) is 18.5 Å². The van der Waals surface area contributed by atoms with Gasteiger partial charge in [0.25, 0.3) is 0 Å². The smallest absolute Gasteiger partial charge is 0.165 e. The standard InChI is InChI=1S/C9H8BrClO2/c1-5-8(11)6(10)4-7-9(5)13-3-2-12-7/h4H,2-3H2,1H3. The molecule has 0 saturated carbocycles. The second kappa shape index (κ2) is 3.39. The number of rotatable bonds is 0. The summed E-state index contributed by atoms with van der Waals surface area (Å²) in [6.07, 6.45) is 0. The van der Waals surface area contributed by atoms with Gasteiger partial charge < -0.3 is 9.47 Å². The molecule has 0 atom stereocenters. The van der Waals surface area contributed by atoms with E-state index in [1.807, 2.05) is 13.0 Å². The normalized spacial score (nSPS) is 14.4. The predicted molar refractivity (Wildman–Crippen MR) is 54.9 cm³/mol. The van der Waals surface area contributed by atoms with Gasteiger partial charge in [-0.05, 0) is 28.9 Å². The molecule has 0 unspecified atom stereocenters. The minimum absolute atomic E-state index is 0.589. The van der Waals surface area contributed by atoms with Gasteiger partial charge in [-0.3, -0.25) is 0 Å². The van der Waals surface area contributed by atoms with Crippen molar-refractivity contribution in [2.24, 2.45) is 0 Å². The van der Waals surface area contributed by atoms with Crippen LogP contribution in [-0.2, 0) is 0 Å². The second-order valence-corrected chi connectivity index (χ2v) is 4.05. The molecular formula is C9H8BrClO2. The summed E-state index contributed by atoms with van der Waals surface area (Å²) >= 11 is 9.39. The molecule has 1 aromatic carbocycles. The molecule has 0 aliphatic carbocycles. The Morgan fingerprint density at radius 3 is 2.85 bits per heavy atom. The van der Waals surface area contributed by atoms with Crippen LogP contribution in [0.1, 0.15) is 5.56 Å². The Morgan fingerprint density at radius 2 is 2.08 bits per heavy atom. The second-order valence-electron chi connectivity index (χ2n) is 2.82. The van der Waals surface area contributed by atoms with E-state index in [1.165, 1.54) is 0 Å². The molecule has 2 nitrogen and oxygen atoms in total. The summed E-state index contributed by atoms with van der Waals surface area (Å²) in [6, 6.07) is 1.84.